The van der Waals surface area contributed by atoms with Crippen molar-refractivity contribution in [3.63, 3.8) is 0 Å². The second-order valence-electron chi connectivity index (χ2n) is 3.69. The molecule has 0 amide bonds. The molecule has 0 spiro atoms. The lowest BCUT2D eigenvalue weighted by atomic mass is 10.3. The van der Waals surface area contributed by atoms with Gasteiger partial charge in [-0.3, -0.25) is 0 Å². The van der Waals surface area contributed by atoms with E-state index in [2.05, 4.69) is 15.5 Å². The number of aromatic nitrogens is 4. The molecule has 1 heterocycles. The molecule has 1 fully saturated rings. The van der Waals surface area contributed by atoms with Crippen molar-refractivity contribution in [2.45, 2.75) is 36.9 Å². The van der Waals surface area contributed by atoms with Crippen molar-refractivity contribution in [3.05, 3.63) is 0 Å². The molecule has 6 heteroatoms. The van der Waals surface area contributed by atoms with Crippen LogP contribution in [0.15, 0.2) is 5.16 Å². The largest absolute Gasteiger partial charge is 0.384 e. The van der Waals surface area contributed by atoms with Crippen molar-refractivity contribution in [2.24, 2.45) is 0 Å². The zero-order valence-electron chi connectivity index (χ0n) is 8.93. The fraction of sp³-hybridized carbons (Fsp3) is 0.889. The minimum atomic E-state index is 0.519. The molecule has 1 saturated carbocycles. The predicted octanol–water partition coefficient (Wildman–Crippen LogP) is 1.53. The molecule has 0 bridgehead atoms. The van der Waals surface area contributed by atoms with Crippen LogP contribution in [0.1, 0.15) is 31.7 Å². The summed E-state index contributed by atoms with van der Waals surface area (Å²) in [7, 11) is 1.71. The third kappa shape index (κ3) is 2.69. The minimum absolute atomic E-state index is 0.519. The van der Waals surface area contributed by atoms with Crippen LogP contribution in [0.25, 0.3) is 0 Å². The van der Waals surface area contributed by atoms with E-state index >= 15 is 0 Å². The lowest BCUT2D eigenvalue weighted by Gasteiger charge is -2.10. The van der Waals surface area contributed by atoms with Crippen LogP contribution in [-0.2, 0) is 4.74 Å². The average Bonchev–Trinajstić information content (AvgIpc) is 2.87. The summed E-state index contributed by atoms with van der Waals surface area (Å²) < 4.78 is 6.99. The van der Waals surface area contributed by atoms with Crippen LogP contribution in [0.3, 0.4) is 0 Å². The molecule has 0 atom stereocenters. The van der Waals surface area contributed by atoms with E-state index in [0.29, 0.717) is 6.04 Å². The van der Waals surface area contributed by atoms with Crippen molar-refractivity contribution in [3.8, 4) is 0 Å². The van der Waals surface area contributed by atoms with E-state index in [0.717, 1.165) is 17.5 Å². The highest BCUT2D eigenvalue weighted by Gasteiger charge is 2.21. The topological polar surface area (TPSA) is 52.8 Å². The number of rotatable bonds is 5. The Kier molecular flexibility index (Phi) is 3.96. The molecule has 2 rings (SSSR count). The van der Waals surface area contributed by atoms with Gasteiger partial charge in [0, 0.05) is 12.9 Å². The van der Waals surface area contributed by atoms with Gasteiger partial charge < -0.3 is 4.74 Å². The number of ether oxygens (including phenoxy) is 1. The molecule has 0 aromatic carbocycles. The first-order valence-corrected chi connectivity index (χ1v) is 6.30. The molecule has 5 nitrogen and oxygen atoms in total. The van der Waals surface area contributed by atoms with E-state index in [1.807, 2.05) is 4.68 Å². The number of thioether (sulfide) groups is 1. The number of hydrogen-bond donors (Lipinski definition) is 0. The fourth-order valence-corrected chi connectivity index (χ4v) is 2.72. The van der Waals surface area contributed by atoms with E-state index in [1.165, 1.54) is 25.7 Å². The minimum Gasteiger partial charge on any atom is -0.384 e. The van der Waals surface area contributed by atoms with Gasteiger partial charge in [0.1, 0.15) is 0 Å². The molecular weight excluding hydrogens is 212 g/mol. The Bertz CT molecular complexity index is 298. The van der Waals surface area contributed by atoms with Gasteiger partial charge in [0.15, 0.2) is 0 Å². The lowest BCUT2D eigenvalue weighted by Crippen LogP contribution is -2.08. The Morgan fingerprint density at radius 3 is 3.00 bits per heavy atom. The first-order chi connectivity index (χ1) is 7.42. The van der Waals surface area contributed by atoms with E-state index in [-0.39, 0.29) is 0 Å². The highest BCUT2D eigenvalue weighted by atomic mass is 32.2. The van der Waals surface area contributed by atoms with Crippen molar-refractivity contribution >= 4 is 11.8 Å². The van der Waals surface area contributed by atoms with Gasteiger partial charge in [0.2, 0.25) is 5.16 Å². The molecule has 0 saturated heterocycles. The SMILES string of the molecule is COCCSc1nnnn1C1CCCC1. The summed E-state index contributed by atoms with van der Waals surface area (Å²) in [4.78, 5) is 0. The van der Waals surface area contributed by atoms with Crippen LogP contribution in [0.2, 0.25) is 0 Å². The Morgan fingerprint density at radius 2 is 2.27 bits per heavy atom. The van der Waals surface area contributed by atoms with Gasteiger partial charge in [-0.05, 0) is 23.3 Å². The van der Waals surface area contributed by atoms with Gasteiger partial charge in [-0.2, -0.15) is 0 Å². The molecule has 0 unspecified atom stereocenters. The van der Waals surface area contributed by atoms with E-state index in [4.69, 9.17) is 4.74 Å². The molecule has 84 valence electrons. The first-order valence-electron chi connectivity index (χ1n) is 5.31. The van der Waals surface area contributed by atoms with Gasteiger partial charge >= 0.3 is 0 Å². The monoisotopic (exact) mass is 228 g/mol. The maximum absolute atomic E-state index is 5.01. The maximum atomic E-state index is 5.01. The van der Waals surface area contributed by atoms with Crippen molar-refractivity contribution in [1.29, 1.82) is 0 Å². The summed E-state index contributed by atoms with van der Waals surface area (Å²) in [5.74, 6) is 0.906. The standard InChI is InChI=1S/C9H16N4OS/c1-14-6-7-15-9-10-11-12-13(9)8-4-2-3-5-8/h8H,2-7H2,1H3. The third-order valence-electron chi connectivity index (χ3n) is 2.65. The predicted molar refractivity (Wildman–Crippen MR) is 57.9 cm³/mol. The summed E-state index contributed by atoms with van der Waals surface area (Å²) in [6, 6.07) is 0.519. The third-order valence-corrected chi connectivity index (χ3v) is 3.55. The van der Waals surface area contributed by atoms with E-state index < -0.39 is 0 Å². The van der Waals surface area contributed by atoms with Crippen LogP contribution < -0.4 is 0 Å². The second-order valence-corrected chi connectivity index (χ2v) is 4.75. The van der Waals surface area contributed by atoms with Gasteiger partial charge in [-0.1, -0.05) is 24.6 Å². The molecule has 1 aromatic rings. The van der Waals surface area contributed by atoms with E-state index in [1.54, 1.807) is 18.9 Å². The van der Waals surface area contributed by atoms with Crippen LogP contribution in [-0.4, -0.2) is 39.7 Å². The lowest BCUT2D eigenvalue weighted by molar-refractivity contribution is 0.218. The summed E-state index contributed by atoms with van der Waals surface area (Å²) in [6.45, 7) is 0.738. The van der Waals surface area contributed by atoms with Crippen LogP contribution >= 0.6 is 11.8 Å². The van der Waals surface area contributed by atoms with Crippen LogP contribution in [0, 0.1) is 0 Å². The normalized spacial score (nSPS) is 17.4. The van der Waals surface area contributed by atoms with Crippen molar-refractivity contribution in [2.75, 3.05) is 19.5 Å². The zero-order chi connectivity index (χ0) is 10.5. The Morgan fingerprint density at radius 1 is 1.47 bits per heavy atom. The van der Waals surface area contributed by atoms with Gasteiger partial charge in [-0.25, -0.2) is 4.68 Å². The Labute approximate surface area is 93.6 Å². The fourth-order valence-electron chi connectivity index (χ4n) is 1.87. The molecule has 1 aliphatic rings. The van der Waals surface area contributed by atoms with Gasteiger partial charge in [-0.15, -0.1) is 5.10 Å². The number of tetrazole rings is 1. The Balaban J connectivity index is 1.95. The Hall–Kier alpha value is -0.620. The number of methoxy groups -OCH3 is 1. The van der Waals surface area contributed by atoms with Crippen molar-refractivity contribution < 1.29 is 4.74 Å². The van der Waals surface area contributed by atoms with Crippen LogP contribution in [0.4, 0.5) is 0 Å². The first kappa shape index (κ1) is 10.9. The number of hydrogen-bond acceptors (Lipinski definition) is 5. The summed E-state index contributed by atoms with van der Waals surface area (Å²) in [5, 5.41) is 12.8. The van der Waals surface area contributed by atoms with Gasteiger partial charge in [0.25, 0.3) is 0 Å². The summed E-state index contributed by atoms with van der Waals surface area (Å²) in [6.07, 6.45) is 5.02. The average molecular weight is 228 g/mol. The van der Waals surface area contributed by atoms with Crippen molar-refractivity contribution in [1.82, 2.24) is 20.2 Å². The second kappa shape index (κ2) is 5.46. The van der Waals surface area contributed by atoms with E-state index in [9.17, 15) is 0 Å². The van der Waals surface area contributed by atoms with Gasteiger partial charge in [0.05, 0.1) is 12.6 Å². The summed E-state index contributed by atoms with van der Waals surface area (Å²) >= 11 is 1.67. The zero-order valence-corrected chi connectivity index (χ0v) is 9.74. The molecule has 15 heavy (non-hydrogen) atoms. The summed E-state index contributed by atoms with van der Waals surface area (Å²) in [5.41, 5.74) is 0. The highest BCUT2D eigenvalue weighted by molar-refractivity contribution is 7.99. The molecule has 1 aliphatic carbocycles. The molecule has 1 aromatic heterocycles. The smallest absolute Gasteiger partial charge is 0.209 e. The quantitative estimate of drug-likeness (QED) is 0.565. The molecule has 0 N–H and O–H groups in total. The molecule has 0 radical (unpaired) electrons. The maximum Gasteiger partial charge on any atom is 0.209 e. The highest BCUT2D eigenvalue weighted by Crippen LogP contribution is 2.31. The number of nitrogens with zero attached hydrogens (tertiary/aromatic N) is 4. The molecule has 0 aliphatic heterocycles. The van der Waals surface area contributed by atoms with Crippen LogP contribution in [0.5, 0.6) is 0 Å². The molecular formula is C9H16N4OS.